The van der Waals surface area contributed by atoms with E-state index in [0.29, 0.717) is 11.7 Å². The fourth-order valence-corrected chi connectivity index (χ4v) is 6.18. The first-order chi connectivity index (χ1) is 20.1. The van der Waals surface area contributed by atoms with Crippen molar-refractivity contribution in [2.45, 2.75) is 57.7 Å². The number of amides is 3. The molecule has 3 heterocycles. The van der Waals surface area contributed by atoms with Crippen LogP contribution in [-0.2, 0) is 20.8 Å². The Morgan fingerprint density at radius 2 is 1.76 bits per heavy atom. The van der Waals surface area contributed by atoms with Gasteiger partial charge in [0.15, 0.2) is 5.82 Å². The number of imidazole rings is 1. The third-order valence-electron chi connectivity index (χ3n) is 7.79. The molecule has 0 aliphatic carbocycles. The summed E-state index contributed by atoms with van der Waals surface area (Å²) in [6, 6.07) is 16.1. The molecule has 1 fully saturated rings. The zero-order chi connectivity index (χ0) is 29.9. The fourth-order valence-electron chi connectivity index (χ4n) is 5.20. The molecule has 2 aromatic carbocycles. The molecule has 1 aliphatic heterocycles. The Labute approximate surface area is 250 Å². The summed E-state index contributed by atoms with van der Waals surface area (Å²) in [6.45, 7) is 6.85. The van der Waals surface area contributed by atoms with Gasteiger partial charge in [0.2, 0.25) is 17.7 Å². The highest BCUT2D eigenvalue weighted by atomic mass is 32.1. The quantitative estimate of drug-likeness (QED) is 0.269. The average molecular weight is 587 g/mol. The lowest BCUT2D eigenvalue weighted by Gasteiger charge is -2.33. The number of nitrogens with one attached hydrogen (secondary N) is 2. The first kappa shape index (κ1) is 29.5. The van der Waals surface area contributed by atoms with Crippen LogP contribution in [0.4, 0.5) is 5.82 Å². The van der Waals surface area contributed by atoms with Crippen molar-refractivity contribution in [3.63, 3.8) is 0 Å². The molecule has 4 aromatic rings. The zero-order valence-electron chi connectivity index (χ0n) is 24.2. The normalized spacial score (nSPS) is 15.8. The summed E-state index contributed by atoms with van der Waals surface area (Å²) in [5.74, 6) is 0.0501. The van der Waals surface area contributed by atoms with Gasteiger partial charge in [-0.2, -0.15) is 0 Å². The molecular weight excluding hydrogens is 548 g/mol. The topological polar surface area (TPSA) is 122 Å². The second-order valence-corrected chi connectivity index (χ2v) is 12.6. The average Bonchev–Trinajstić information content (AvgIpc) is 3.60. The molecule has 4 N–H and O–H groups in total. The van der Waals surface area contributed by atoms with Crippen molar-refractivity contribution in [1.82, 2.24) is 19.8 Å². The van der Waals surface area contributed by atoms with Gasteiger partial charge in [-0.15, -0.1) is 11.3 Å². The summed E-state index contributed by atoms with van der Waals surface area (Å²) in [6.07, 6.45) is 5.48. The summed E-state index contributed by atoms with van der Waals surface area (Å²) < 4.78 is 2.85. The van der Waals surface area contributed by atoms with Gasteiger partial charge in [-0.1, -0.05) is 55.5 Å². The van der Waals surface area contributed by atoms with Crippen LogP contribution in [0.3, 0.4) is 0 Å². The van der Waals surface area contributed by atoms with Crippen LogP contribution in [-0.4, -0.2) is 56.8 Å². The second-order valence-electron chi connectivity index (χ2n) is 11.7. The van der Waals surface area contributed by atoms with Gasteiger partial charge in [-0.05, 0) is 60.6 Å². The summed E-state index contributed by atoms with van der Waals surface area (Å²) >= 11 is 1.59. The van der Waals surface area contributed by atoms with Gasteiger partial charge in [0.25, 0.3) is 0 Å². The van der Waals surface area contributed by atoms with Crippen LogP contribution in [0.15, 0.2) is 72.5 Å². The number of nitrogens with zero attached hydrogens (tertiary/aromatic N) is 3. The molecule has 1 aliphatic rings. The van der Waals surface area contributed by atoms with Crippen molar-refractivity contribution in [2.75, 3.05) is 18.4 Å². The van der Waals surface area contributed by atoms with E-state index in [1.165, 1.54) is 0 Å². The lowest BCUT2D eigenvalue weighted by Crippen LogP contribution is -2.55. The Morgan fingerprint density at radius 1 is 1.07 bits per heavy atom. The number of likely N-dealkylation sites (tertiary alicyclic amines) is 1. The molecule has 0 saturated carbocycles. The SMILES string of the molecule is CC1CCN(C(=O)C(c2ccccc2)n2cnc(NC(=O)[C@@H](Cc3csc4ccccc34)NC(=O)C(C)(C)N)c2)CC1. The Kier molecular flexibility index (Phi) is 8.74. The molecule has 0 bridgehead atoms. The maximum atomic E-state index is 13.8. The van der Waals surface area contributed by atoms with E-state index >= 15 is 0 Å². The Morgan fingerprint density at radius 3 is 2.48 bits per heavy atom. The van der Waals surface area contributed by atoms with Crippen LogP contribution < -0.4 is 16.4 Å². The molecule has 42 heavy (non-hydrogen) atoms. The number of hydrogen-bond donors (Lipinski definition) is 3. The van der Waals surface area contributed by atoms with Crippen LogP contribution in [0, 0.1) is 5.92 Å². The summed E-state index contributed by atoms with van der Waals surface area (Å²) in [5.41, 5.74) is 6.68. The number of nitrogens with two attached hydrogens (primary N) is 1. The number of benzene rings is 2. The molecule has 1 saturated heterocycles. The van der Waals surface area contributed by atoms with Crippen molar-refractivity contribution < 1.29 is 14.4 Å². The van der Waals surface area contributed by atoms with Gasteiger partial charge < -0.3 is 25.8 Å². The smallest absolute Gasteiger partial charge is 0.250 e. The van der Waals surface area contributed by atoms with Crippen molar-refractivity contribution in [2.24, 2.45) is 11.7 Å². The van der Waals surface area contributed by atoms with Crippen LogP contribution in [0.25, 0.3) is 10.1 Å². The van der Waals surface area contributed by atoms with Gasteiger partial charge in [0.05, 0.1) is 11.9 Å². The third kappa shape index (κ3) is 6.71. The minimum atomic E-state index is -1.16. The molecule has 2 aromatic heterocycles. The highest BCUT2D eigenvalue weighted by Crippen LogP contribution is 2.28. The number of anilines is 1. The summed E-state index contributed by atoms with van der Waals surface area (Å²) in [7, 11) is 0. The minimum absolute atomic E-state index is 0.00281. The Hall–Kier alpha value is -4.02. The first-order valence-electron chi connectivity index (χ1n) is 14.3. The zero-order valence-corrected chi connectivity index (χ0v) is 25.1. The number of piperidine rings is 1. The van der Waals surface area contributed by atoms with Crippen LogP contribution in [0.5, 0.6) is 0 Å². The van der Waals surface area contributed by atoms with Crippen molar-refractivity contribution in [1.29, 1.82) is 0 Å². The number of rotatable bonds is 9. The summed E-state index contributed by atoms with van der Waals surface area (Å²) in [4.78, 5) is 46.6. The molecular formula is C32H38N6O3S. The van der Waals surface area contributed by atoms with Gasteiger partial charge >= 0.3 is 0 Å². The molecule has 5 rings (SSSR count). The first-order valence-corrected chi connectivity index (χ1v) is 15.2. The number of carbonyl (C=O) groups excluding carboxylic acids is 3. The lowest BCUT2D eigenvalue weighted by molar-refractivity contribution is -0.135. The molecule has 1 unspecified atom stereocenters. The maximum absolute atomic E-state index is 13.8. The minimum Gasteiger partial charge on any atom is -0.342 e. The number of carbonyl (C=O) groups is 3. The molecule has 0 radical (unpaired) electrons. The van der Waals surface area contributed by atoms with Gasteiger partial charge in [-0.25, -0.2) is 4.98 Å². The van der Waals surface area contributed by atoms with Gasteiger partial charge in [0, 0.05) is 30.4 Å². The summed E-state index contributed by atoms with van der Waals surface area (Å²) in [5, 5.41) is 8.75. The van der Waals surface area contributed by atoms with E-state index in [2.05, 4.69) is 22.5 Å². The van der Waals surface area contributed by atoms with Crippen LogP contribution in [0.1, 0.15) is 50.8 Å². The van der Waals surface area contributed by atoms with E-state index in [4.69, 9.17) is 5.73 Å². The van der Waals surface area contributed by atoms with Crippen molar-refractivity contribution >= 4 is 45.0 Å². The standard InChI is InChI=1S/C32H38N6O3S/c1-21-13-15-37(16-14-21)30(40)28(22-9-5-4-6-10-22)38-18-27(34-20-38)36-29(39)25(35-31(41)32(2,3)33)17-23-19-42-26-12-8-7-11-24(23)26/h4-12,18-21,25,28H,13-17,33H2,1-3H3,(H,35,41)(H,36,39)/t25-,28?/m1/s1. The van der Waals surface area contributed by atoms with Crippen LogP contribution >= 0.6 is 11.3 Å². The second kappa shape index (κ2) is 12.5. The molecule has 3 amide bonds. The Bertz CT molecular complexity index is 1550. The molecule has 9 nitrogen and oxygen atoms in total. The third-order valence-corrected chi connectivity index (χ3v) is 8.80. The monoisotopic (exact) mass is 586 g/mol. The predicted molar refractivity (Wildman–Crippen MR) is 166 cm³/mol. The maximum Gasteiger partial charge on any atom is 0.250 e. The van der Waals surface area contributed by atoms with Crippen LogP contribution in [0.2, 0.25) is 0 Å². The predicted octanol–water partition coefficient (Wildman–Crippen LogP) is 4.35. The number of thiophene rings is 1. The lowest BCUT2D eigenvalue weighted by atomic mass is 9.97. The van der Waals surface area contributed by atoms with Gasteiger partial charge in [0.1, 0.15) is 12.1 Å². The van der Waals surface area contributed by atoms with E-state index in [9.17, 15) is 14.4 Å². The highest BCUT2D eigenvalue weighted by molar-refractivity contribution is 7.17. The number of fused-ring (bicyclic) bond motifs is 1. The highest BCUT2D eigenvalue weighted by Gasteiger charge is 2.31. The fraction of sp³-hybridized carbons (Fsp3) is 0.375. The van der Waals surface area contributed by atoms with Crippen molar-refractivity contribution in [3.8, 4) is 0 Å². The Balaban J connectivity index is 1.38. The number of hydrogen-bond acceptors (Lipinski definition) is 6. The molecule has 0 spiro atoms. The largest absolute Gasteiger partial charge is 0.342 e. The van der Waals surface area contributed by atoms with E-state index in [0.717, 1.165) is 47.1 Å². The van der Waals surface area contributed by atoms with E-state index in [-0.39, 0.29) is 12.3 Å². The van der Waals surface area contributed by atoms with Crippen molar-refractivity contribution in [3.05, 3.63) is 83.6 Å². The molecule has 2 atom stereocenters. The molecule has 10 heteroatoms. The van der Waals surface area contributed by atoms with E-state index in [1.807, 2.05) is 64.9 Å². The van der Waals surface area contributed by atoms with Gasteiger partial charge in [-0.3, -0.25) is 14.4 Å². The van der Waals surface area contributed by atoms with E-state index < -0.39 is 29.4 Å². The number of aromatic nitrogens is 2. The molecule has 220 valence electrons. The van der Waals surface area contributed by atoms with E-state index in [1.54, 1.807) is 42.3 Å².